The summed E-state index contributed by atoms with van der Waals surface area (Å²) in [6, 6.07) is 7.07. The molecule has 0 bridgehead atoms. The first kappa shape index (κ1) is 14.2. The minimum absolute atomic E-state index is 0.0701. The van der Waals surface area contributed by atoms with Gasteiger partial charge in [0.15, 0.2) is 11.5 Å². The Morgan fingerprint density at radius 3 is 2.73 bits per heavy atom. The summed E-state index contributed by atoms with van der Waals surface area (Å²) in [6.07, 6.45) is 4.90. The number of nitrogens with zero attached hydrogens (tertiary/aromatic N) is 4. The number of halogens is 2. The molecule has 110 valence electrons. The highest BCUT2D eigenvalue weighted by molar-refractivity contribution is 6.31. The Kier molecular flexibility index (Phi) is 3.80. The fourth-order valence-corrected chi connectivity index (χ4v) is 1.93. The maximum atomic E-state index is 13.1. The molecule has 1 N–H and O–H groups in total. The van der Waals surface area contributed by atoms with Gasteiger partial charge in [0.05, 0.1) is 5.02 Å². The van der Waals surface area contributed by atoms with E-state index in [1.54, 1.807) is 29.4 Å². The van der Waals surface area contributed by atoms with E-state index in [9.17, 15) is 9.18 Å². The van der Waals surface area contributed by atoms with Crippen LogP contribution in [0.3, 0.4) is 0 Å². The lowest BCUT2D eigenvalue weighted by Gasteiger charge is -2.06. The summed E-state index contributed by atoms with van der Waals surface area (Å²) in [4.78, 5) is 15.9. The van der Waals surface area contributed by atoms with Gasteiger partial charge in [-0.1, -0.05) is 11.6 Å². The van der Waals surface area contributed by atoms with Crippen LogP contribution in [-0.2, 0) is 0 Å². The molecule has 0 spiro atoms. The van der Waals surface area contributed by atoms with Crippen molar-refractivity contribution in [3.8, 4) is 5.82 Å². The number of carbonyl (C=O) groups is 1. The lowest BCUT2D eigenvalue weighted by Crippen LogP contribution is -2.15. The number of benzene rings is 1. The second-order valence-electron chi connectivity index (χ2n) is 4.33. The van der Waals surface area contributed by atoms with Crippen molar-refractivity contribution in [2.75, 3.05) is 5.32 Å². The molecule has 1 aromatic carbocycles. The molecule has 0 aliphatic carbocycles. The number of rotatable bonds is 3. The van der Waals surface area contributed by atoms with Crippen LogP contribution in [0.1, 0.15) is 10.5 Å². The van der Waals surface area contributed by atoms with E-state index in [0.717, 1.165) is 0 Å². The van der Waals surface area contributed by atoms with Gasteiger partial charge in [-0.2, -0.15) is 0 Å². The Labute approximate surface area is 129 Å². The van der Waals surface area contributed by atoms with Crippen LogP contribution in [0.2, 0.25) is 5.02 Å². The van der Waals surface area contributed by atoms with Gasteiger partial charge in [-0.3, -0.25) is 9.36 Å². The van der Waals surface area contributed by atoms with Crippen molar-refractivity contribution >= 4 is 23.2 Å². The Bertz CT molecular complexity index is 805. The second-order valence-corrected chi connectivity index (χ2v) is 4.74. The van der Waals surface area contributed by atoms with Crippen molar-refractivity contribution in [2.45, 2.75) is 0 Å². The van der Waals surface area contributed by atoms with Gasteiger partial charge in [0, 0.05) is 18.1 Å². The van der Waals surface area contributed by atoms with Crippen molar-refractivity contribution in [3.63, 3.8) is 0 Å². The van der Waals surface area contributed by atoms with Crippen LogP contribution >= 0.6 is 11.6 Å². The molecule has 0 unspecified atom stereocenters. The summed E-state index contributed by atoms with van der Waals surface area (Å²) in [6.45, 7) is 0. The number of hydrogen-bond donors (Lipinski definition) is 1. The Hall–Kier alpha value is -2.80. The number of aromatic nitrogens is 4. The molecule has 0 atom stereocenters. The summed E-state index contributed by atoms with van der Waals surface area (Å²) in [5, 5.41) is 10.3. The predicted octanol–water partition coefficient (Wildman–Crippen LogP) is 2.71. The van der Waals surface area contributed by atoms with Crippen LogP contribution in [0.4, 0.5) is 10.1 Å². The maximum Gasteiger partial charge on any atom is 0.276 e. The zero-order valence-electron chi connectivity index (χ0n) is 11.1. The number of amides is 1. The van der Waals surface area contributed by atoms with Gasteiger partial charge in [0.2, 0.25) is 0 Å². The minimum Gasteiger partial charge on any atom is -0.321 e. The lowest BCUT2D eigenvalue weighted by atomic mass is 10.3. The van der Waals surface area contributed by atoms with E-state index in [1.807, 2.05) is 0 Å². The number of imidazole rings is 1. The van der Waals surface area contributed by atoms with Crippen LogP contribution < -0.4 is 5.32 Å². The molecule has 0 aliphatic heterocycles. The van der Waals surface area contributed by atoms with Gasteiger partial charge in [0.1, 0.15) is 12.1 Å². The highest BCUT2D eigenvalue weighted by Gasteiger charge is 2.10. The van der Waals surface area contributed by atoms with Crippen molar-refractivity contribution in [2.24, 2.45) is 0 Å². The third-order valence-electron chi connectivity index (χ3n) is 2.83. The van der Waals surface area contributed by atoms with Crippen molar-refractivity contribution in [1.82, 2.24) is 19.7 Å². The Balaban J connectivity index is 1.76. The predicted molar refractivity (Wildman–Crippen MR) is 78.5 cm³/mol. The van der Waals surface area contributed by atoms with E-state index >= 15 is 0 Å². The average molecular weight is 318 g/mol. The molecular weight excluding hydrogens is 309 g/mol. The topological polar surface area (TPSA) is 72.7 Å². The lowest BCUT2D eigenvalue weighted by molar-refractivity contribution is 0.102. The Morgan fingerprint density at radius 2 is 2.09 bits per heavy atom. The van der Waals surface area contributed by atoms with E-state index in [2.05, 4.69) is 20.5 Å². The van der Waals surface area contributed by atoms with Gasteiger partial charge in [-0.25, -0.2) is 9.37 Å². The standard InChI is InChI=1S/C14H9ClFN5O/c15-10-7-9(1-2-11(10)16)18-14(22)12-3-4-13(20-19-12)21-6-5-17-8-21/h1-8H,(H,18,22). The van der Waals surface area contributed by atoms with Crippen molar-refractivity contribution in [3.05, 3.63) is 65.6 Å². The molecule has 1 amide bonds. The van der Waals surface area contributed by atoms with Crippen LogP contribution in [0.25, 0.3) is 5.82 Å². The van der Waals surface area contributed by atoms with Crippen LogP contribution in [0, 0.1) is 5.82 Å². The van der Waals surface area contributed by atoms with Gasteiger partial charge >= 0.3 is 0 Å². The van der Waals surface area contributed by atoms with E-state index in [-0.39, 0.29) is 10.7 Å². The summed E-state index contributed by atoms with van der Waals surface area (Å²) in [5.74, 6) is -0.477. The first-order chi connectivity index (χ1) is 10.6. The van der Waals surface area contributed by atoms with E-state index in [4.69, 9.17) is 11.6 Å². The third kappa shape index (κ3) is 2.94. The number of anilines is 1. The molecule has 3 rings (SSSR count). The first-order valence-electron chi connectivity index (χ1n) is 6.22. The van der Waals surface area contributed by atoms with Gasteiger partial charge in [-0.05, 0) is 30.3 Å². The molecule has 22 heavy (non-hydrogen) atoms. The first-order valence-corrected chi connectivity index (χ1v) is 6.60. The number of carbonyl (C=O) groups excluding carboxylic acids is 1. The molecule has 2 aromatic heterocycles. The van der Waals surface area contributed by atoms with E-state index < -0.39 is 11.7 Å². The van der Waals surface area contributed by atoms with Crippen LogP contribution in [0.15, 0.2) is 49.1 Å². The molecule has 0 aliphatic rings. The highest BCUT2D eigenvalue weighted by Crippen LogP contribution is 2.19. The largest absolute Gasteiger partial charge is 0.321 e. The summed E-state index contributed by atoms with van der Waals surface area (Å²) in [7, 11) is 0. The summed E-state index contributed by atoms with van der Waals surface area (Å²) < 4.78 is 14.7. The summed E-state index contributed by atoms with van der Waals surface area (Å²) >= 11 is 5.66. The second kappa shape index (κ2) is 5.90. The zero-order chi connectivity index (χ0) is 15.5. The molecular formula is C14H9ClFN5O. The normalized spacial score (nSPS) is 10.5. The molecule has 0 saturated carbocycles. The third-order valence-corrected chi connectivity index (χ3v) is 3.12. The molecule has 0 saturated heterocycles. The fourth-order valence-electron chi connectivity index (χ4n) is 1.75. The smallest absolute Gasteiger partial charge is 0.276 e. The monoisotopic (exact) mass is 317 g/mol. The van der Waals surface area contributed by atoms with Gasteiger partial charge in [0.25, 0.3) is 5.91 Å². The van der Waals surface area contributed by atoms with E-state index in [1.165, 1.54) is 24.3 Å². The number of nitrogens with one attached hydrogen (secondary N) is 1. The number of hydrogen-bond acceptors (Lipinski definition) is 4. The Morgan fingerprint density at radius 1 is 1.23 bits per heavy atom. The zero-order valence-corrected chi connectivity index (χ0v) is 11.8. The van der Waals surface area contributed by atoms with Crippen molar-refractivity contribution in [1.29, 1.82) is 0 Å². The summed E-state index contributed by atoms with van der Waals surface area (Å²) in [5.41, 5.74) is 0.501. The average Bonchev–Trinajstić information content (AvgIpc) is 3.05. The highest BCUT2D eigenvalue weighted by atomic mass is 35.5. The van der Waals surface area contributed by atoms with Gasteiger partial charge in [-0.15, -0.1) is 10.2 Å². The molecule has 6 nitrogen and oxygen atoms in total. The quantitative estimate of drug-likeness (QED) is 0.806. The molecule has 8 heteroatoms. The molecule has 2 heterocycles. The van der Waals surface area contributed by atoms with Gasteiger partial charge < -0.3 is 5.32 Å². The van der Waals surface area contributed by atoms with Crippen molar-refractivity contribution < 1.29 is 9.18 Å². The SMILES string of the molecule is O=C(Nc1ccc(F)c(Cl)c1)c1ccc(-n2ccnc2)nn1. The molecule has 3 aromatic rings. The fraction of sp³-hybridized carbons (Fsp3) is 0. The minimum atomic E-state index is -0.552. The van der Waals surface area contributed by atoms with Crippen LogP contribution in [0.5, 0.6) is 0 Å². The molecule has 0 radical (unpaired) electrons. The molecule has 0 fully saturated rings. The maximum absolute atomic E-state index is 13.1. The van der Waals surface area contributed by atoms with Crippen LogP contribution in [-0.4, -0.2) is 25.7 Å². The van der Waals surface area contributed by atoms with E-state index in [0.29, 0.717) is 11.5 Å².